The van der Waals surface area contributed by atoms with Crippen molar-refractivity contribution in [3.05, 3.63) is 75.0 Å². The number of nitrogens with zero attached hydrogens (tertiary/aromatic N) is 3. The summed E-state index contributed by atoms with van der Waals surface area (Å²) in [7, 11) is 1.56. The predicted molar refractivity (Wildman–Crippen MR) is 120 cm³/mol. The van der Waals surface area contributed by atoms with Gasteiger partial charge in [0, 0.05) is 10.6 Å². The van der Waals surface area contributed by atoms with E-state index in [1.807, 2.05) is 12.1 Å². The highest BCUT2D eigenvalue weighted by molar-refractivity contribution is 6.35. The lowest BCUT2D eigenvalue weighted by molar-refractivity contribution is 0.0686. The minimum atomic E-state index is -1.26. The highest BCUT2D eigenvalue weighted by Crippen LogP contribution is 2.36. The van der Waals surface area contributed by atoms with E-state index in [0.29, 0.717) is 27.7 Å². The number of carboxylic acids is 1. The van der Waals surface area contributed by atoms with E-state index in [4.69, 9.17) is 27.9 Å². The molecule has 0 spiro atoms. The maximum atomic E-state index is 11.9. The van der Waals surface area contributed by atoms with Crippen LogP contribution in [0.1, 0.15) is 27.3 Å². The van der Waals surface area contributed by atoms with Gasteiger partial charge in [-0.15, -0.1) is 0 Å². The van der Waals surface area contributed by atoms with E-state index in [-0.39, 0.29) is 29.4 Å². The average Bonchev–Trinajstić information content (AvgIpc) is 3.14. The van der Waals surface area contributed by atoms with Gasteiger partial charge >= 0.3 is 12.1 Å². The minimum absolute atomic E-state index is 0.0460. The fourth-order valence-electron chi connectivity index (χ4n) is 3.61. The molecule has 0 atom stereocenters. The first-order valence-electron chi connectivity index (χ1n) is 9.42. The Kier molecular flexibility index (Phi) is 5.82. The highest BCUT2D eigenvalue weighted by Gasteiger charge is 2.33. The van der Waals surface area contributed by atoms with Gasteiger partial charge in [0.05, 0.1) is 36.6 Å². The predicted octanol–water partition coefficient (Wildman–Crippen LogP) is 4.92. The van der Waals surface area contributed by atoms with Gasteiger partial charge in [0.2, 0.25) is 0 Å². The molecular weight excluding hydrogens is 457 g/mol. The molecule has 0 aliphatic carbocycles. The zero-order chi connectivity index (χ0) is 23.0. The number of carboxylic acid groups (broad SMARTS) is 2. The second-order valence-electron chi connectivity index (χ2n) is 7.07. The largest absolute Gasteiger partial charge is 0.497 e. The van der Waals surface area contributed by atoms with Crippen LogP contribution in [0.15, 0.2) is 42.5 Å². The molecule has 2 heterocycles. The van der Waals surface area contributed by atoms with E-state index in [0.717, 1.165) is 10.5 Å². The quantitative estimate of drug-likeness (QED) is 0.556. The van der Waals surface area contributed by atoms with Crippen molar-refractivity contribution in [2.75, 3.05) is 13.7 Å². The van der Waals surface area contributed by atoms with E-state index < -0.39 is 12.1 Å². The topological polar surface area (TPSA) is 105 Å². The summed E-state index contributed by atoms with van der Waals surface area (Å²) in [6, 6.07) is 12.0. The molecule has 0 bridgehead atoms. The normalized spacial score (nSPS) is 14.3. The monoisotopic (exact) mass is 473 g/mol. The molecule has 0 saturated heterocycles. The van der Waals surface area contributed by atoms with E-state index in [1.54, 1.807) is 37.5 Å². The number of halogens is 2. The van der Waals surface area contributed by atoms with Crippen LogP contribution in [0.3, 0.4) is 0 Å². The van der Waals surface area contributed by atoms with E-state index in [1.165, 1.54) is 10.7 Å². The van der Waals surface area contributed by atoms with Crippen LogP contribution in [0.5, 0.6) is 5.75 Å². The fraction of sp³-hybridized carbons (Fsp3) is 0.136. The molecule has 0 radical (unpaired) electrons. The second kappa shape index (κ2) is 8.57. The van der Waals surface area contributed by atoms with Crippen LogP contribution in [0.2, 0.25) is 10.0 Å². The Morgan fingerprint density at radius 3 is 2.41 bits per heavy atom. The lowest BCUT2D eigenvalue weighted by Gasteiger charge is -2.27. The number of aromatic nitrogens is 2. The molecule has 0 fully saturated rings. The third-order valence-electron chi connectivity index (χ3n) is 5.07. The van der Waals surface area contributed by atoms with Crippen molar-refractivity contribution in [2.24, 2.45) is 0 Å². The van der Waals surface area contributed by atoms with Crippen LogP contribution in [0.25, 0.3) is 17.3 Å². The number of hydrogen-bond donors (Lipinski definition) is 2. The maximum absolute atomic E-state index is 11.9. The third kappa shape index (κ3) is 4.02. The summed E-state index contributed by atoms with van der Waals surface area (Å²) in [5.41, 5.74) is 2.33. The lowest BCUT2D eigenvalue weighted by atomic mass is 9.98. The SMILES string of the molecule is COc1ccc(C=C2CN(C(=O)O)Cc3c(C(=O)O)nn(-c4ccc(Cl)cc4Cl)c32)cc1. The molecule has 2 N–H and O–H groups in total. The first-order chi connectivity index (χ1) is 15.3. The van der Waals surface area contributed by atoms with Gasteiger partial charge in [-0.2, -0.15) is 5.10 Å². The highest BCUT2D eigenvalue weighted by atomic mass is 35.5. The zero-order valence-electron chi connectivity index (χ0n) is 16.7. The lowest BCUT2D eigenvalue weighted by Crippen LogP contribution is -2.35. The molecule has 1 aliphatic rings. The summed E-state index contributed by atoms with van der Waals surface area (Å²) in [5.74, 6) is -0.587. The Morgan fingerprint density at radius 2 is 1.81 bits per heavy atom. The summed E-state index contributed by atoms with van der Waals surface area (Å²) in [4.78, 5) is 24.8. The molecule has 1 amide bonds. The summed E-state index contributed by atoms with van der Waals surface area (Å²) >= 11 is 12.4. The van der Waals surface area contributed by atoms with Gasteiger partial charge in [0.15, 0.2) is 5.69 Å². The number of rotatable bonds is 4. The number of ether oxygens (including phenoxy) is 1. The van der Waals surface area contributed by atoms with Crippen molar-refractivity contribution >= 4 is 46.9 Å². The average molecular weight is 474 g/mol. The summed E-state index contributed by atoms with van der Waals surface area (Å²) in [5, 5.41) is 24.3. The van der Waals surface area contributed by atoms with Crippen LogP contribution in [-0.2, 0) is 6.54 Å². The molecule has 4 rings (SSSR count). The Labute approximate surface area is 192 Å². The Hall–Kier alpha value is -3.49. The summed E-state index contributed by atoms with van der Waals surface area (Å²) < 4.78 is 6.62. The van der Waals surface area contributed by atoms with Gasteiger partial charge in [-0.3, -0.25) is 4.90 Å². The first kappa shape index (κ1) is 21.7. The third-order valence-corrected chi connectivity index (χ3v) is 5.60. The Bertz CT molecular complexity index is 1250. The van der Waals surface area contributed by atoms with Gasteiger partial charge in [-0.05, 0) is 47.5 Å². The number of hydrogen-bond acceptors (Lipinski definition) is 4. The molecule has 2 aromatic carbocycles. The van der Waals surface area contributed by atoms with Crippen LogP contribution in [0, 0.1) is 0 Å². The Morgan fingerprint density at radius 1 is 1.09 bits per heavy atom. The van der Waals surface area contributed by atoms with Crippen molar-refractivity contribution in [3.63, 3.8) is 0 Å². The van der Waals surface area contributed by atoms with Crippen LogP contribution >= 0.6 is 23.2 Å². The molecule has 0 saturated carbocycles. The summed E-state index contributed by atoms with van der Waals surface area (Å²) in [6.07, 6.45) is 0.631. The number of benzene rings is 2. The molecule has 10 heteroatoms. The van der Waals surface area contributed by atoms with Crippen LogP contribution < -0.4 is 4.74 Å². The first-order valence-corrected chi connectivity index (χ1v) is 10.2. The van der Waals surface area contributed by atoms with Gasteiger partial charge in [0.25, 0.3) is 0 Å². The molecule has 3 aromatic rings. The number of carbonyl (C=O) groups is 2. The smallest absolute Gasteiger partial charge is 0.407 e. The fourth-order valence-corrected chi connectivity index (χ4v) is 4.10. The zero-order valence-corrected chi connectivity index (χ0v) is 18.3. The maximum Gasteiger partial charge on any atom is 0.407 e. The number of methoxy groups -OCH3 is 1. The van der Waals surface area contributed by atoms with Crippen molar-refractivity contribution in [1.82, 2.24) is 14.7 Å². The number of fused-ring (bicyclic) bond motifs is 1. The minimum Gasteiger partial charge on any atom is -0.497 e. The van der Waals surface area contributed by atoms with Crippen LogP contribution in [-0.4, -0.2) is 50.6 Å². The van der Waals surface area contributed by atoms with E-state index in [9.17, 15) is 19.8 Å². The standard InChI is InChI=1S/C22H17Cl2N3O5/c1-32-15-5-2-12(3-6-15)8-13-10-26(22(30)31)11-16-19(21(28)29)25-27(20(13)16)18-7-4-14(23)9-17(18)24/h2-9H,10-11H2,1H3,(H,28,29)(H,30,31). The summed E-state index contributed by atoms with van der Waals surface area (Å²) in [6.45, 7) is -0.0677. The van der Waals surface area contributed by atoms with Gasteiger partial charge in [0.1, 0.15) is 5.75 Å². The van der Waals surface area contributed by atoms with E-state index >= 15 is 0 Å². The molecule has 8 nitrogen and oxygen atoms in total. The molecule has 1 aromatic heterocycles. The molecule has 32 heavy (non-hydrogen) atoms. The van der Waals surface area contributed by atoms with Crippen molar-refractivity contribution in [2.45, 2.75) is 6.54 Å². The molecule has 1 aliphatic heterocycles. The van der Waals surface area contributed by atoms with E-state index in [2.05, 4.69) is 5.10 Å². The Balaban J connectivity index is 1.96. The molecular formula is C22H17Cl2N3O5. The second-order valence-corrected chi connectivity index (χ2v) is 7.91. The van der Waals surface area contributed by atoms with Crippen molar-refractivity contribution < 1.29 is 24.5 Å². The van der Waals surface area contributed by atoms with Crippen molar-refractivity contribution in [1.29, 1.82) is 0 Å². The number of amides is 1. The van der Waals surface area contributed by atoms with Crippen LogP contribution in [0.4, 0.5) is 4.79 Å². The molecule has 164 valence electrons. The number of aromatic carboxylic acids is 1. The molecule has 0 unspecified atom stereocenters. The van der Waals surface area contributed by atoms with Gasteiger partial charge < -0.3 is 14.9 Å². The van der Waals surface area contributed by atoms with Gasteiger partial charge in [-0.25, -0.2) is 14.3 Å². The van der Waals surface area contributed by atoms with Gasteiger partial charge in [-0.1, -0.05) is 35.3 Å². The van der Waals surface area contributed by atoms with Crippen molar-refractivity contribution in [3.8, 4) is 11.4 Å².